The van der Waals surface area contributed by atoms with Crippen LogP contribution in [0.4, 0.5) is 0 Å². The van der Waals surface area contributed by atoms with Crippen LogP contribution in [0.3, 0.4) is 0 Å². The van der Waals surface area contributed by atoms with E-state index < -0.39 is 0 Å². The smallest absolute Gasteiger partial charge is 0.00957 e. The van der Waals surface area contributed by atoms with E-state index in [9.17, 15) is 0 Å². The van der Waals surface area contributed by atoms with E-state index in [4.69, 9.17) is 5.73 Å². The molecule has 1 aliphatic rings. The van der Waals surface area contributed by atoms with Gasteiger partial charge in [0.15, 0.2) is 0 Å². The first-order chi connectivity index (χ1) is 8.09. The third kappa shape index (κ3) is 6.45. The van der Waals surface area contributed by atoms with E-state index in [-0.39, 0.29) is 0 Å². The van der Waals surface area contributed by atoms with Crippen LogP contribution in [0, 0.1) is 23.7 Å². The van der Waals surface area contributed by atoms with Crippen LogP contribution in [0.25, 0.3) is 0 Å². The molecule has 1 aliphatic carbocycles. The highest BCUT2D eigenvalue weighted by molar-refractivity contribution is 4.93. The second-order valence-corrected chi connectivity index (χ2v) is 4.23. The molecule has 0 aromatic heterocycles. The normalized spacial score (nSPS) is 34.4. The van der Waals surface area contributed by atoms with Crippen molar-refractivity contribution in [2.24, 2.45) is 29.4 Å². The number of hydrogen-bond donors (Lipinski definition) is 1. The molecular weight excluding hydrogens is 206 g/mol. The molecule has 0 amide bonds. The average molecular weight is 245 g/mol. The highest BCUT2D eigenvalue weighted by atomic mass is 14.7. The van der Waals surface area contributed by atoms with Crippen LogP contribution < -0.4 is 5.73 Å². The molecule has 1 fully saturated rings. The number of nitrogens with two attached hydrogens (primary N) is 1. The van der Waals surface area contributed by atoms with Crippen molar-refractivity contribution in [3.8, 4) is 0 Å². The van der Waals surface area contributed by atoms with Crippen molar-refractivity contribution >= 4 is 0 Å². The van der Waals surface area contributed by atoms with Gasteiger partial charge in [0.1, 0.15) is 0 Å². The van der Waals surface area contributed by atoms with Crippen LogP contribution in [-0.4, -0.2) is 6.04 Å². The molecule has 0 heterocycles. The Bertz CT molecular complexity index is 119. The van der Waals surface area contributed by atoms with Gasteiger partial charge in [-0.25, -0.2) is 0 Å². The van der Waals surface area contributed by atoms with Gasteiger partial charge in [0.25, 0.3) is 0 Å². The van der Waals surface area contributed by atoms with Crippen LogP contribution in [0.2, 0.25) is 0 Å². The molecule has 0 radical (unpaired) electrons. The third-order valence-corrected chi connectivity index (χ3v) is 3.87. The van der Waals surface area contributed by atoms with Crippen LogP contribution >= 0.6 is 0 Å². The minimum Gasteiger partial charge on any atom is -0.327 e. The maximum absolute atomic E-state index is 6.08. The Balaban J connectivity index is -0.000000285. The zero-order valence-corrected chi connectivity index (χ0v) is 14.2. The van der Waals surface area contributed by atoms with E-state index in [2.05, 4.69) is 27.7 Å². The van der Waals surface area contributed by atoms with Gasteiger partial charge in [-0.2, -0.15) is 0 Å². The molecule has 2 N–H and O–H groups in total. The summed E-state index contributed by atoms with van der Waals surface area (Å²) in [6.07, 6.45) is 1.29. The molecule has 0 aromatic carbocycles. The molecule has 17 heavy (non-hydrogen) atoms. The Morgan fingerprint density at radius 3 is 1.18 bits per heavy atom. The lowest BCUT2D eigenvalue weighted by Crippen LogP contribution is -2.29. The van der Waals surface area contributed by atoms with Crippen LogP contribution in [0.1, 0.15) is 75.7 Å². The predicted molar refractivity (Wildman–Crippen MR) is 83.3 cm³/mol. The fourth-order valence-electron chi connectivity index (χ4n) is 2.73. The van der Waals surface area contributed by atoms with Gasteiger partial charge in [0, 0.05) is 6.04 Å². The van der Waals surface area contributed by atoms with Crippen molar-refractivity contribution in [3.63, 3.8) is 0 Å². The molecule has 1 saturated carbocycles. The van der Waals surface area contributed by atoms with E-state index in [0.717, 1.165) is 23.7 Å². The maximum atomic E-state index is 6.08. The van der Waals surface area contributed by atoms with Gasteiger partial charge in [0.05, 0.1) is 0 Å². The van der Waals surface area contributed by atoms with Gasteiger partial charge < -0.3 is 5.73 Å². The Hall–Kier alpha value is -0.0400. The second-order valence-electron chi connectivity index (χ2n) is 4.23. The summed E-state index contributed by atoms with van der Waals surface area (Å²) < 4.78 is 0. The predicted octanol–water partition coefficient (Wildman–Crippen LogP) is 5.34. The summed E-state index contributed by atoms with van der Waals surface area (Å²) in [5.74, 6) is 3.13. The average Bonchev–Trinajstić information content (AvgIpc) is 2.61. The standard InChI is InChI=1S/C10H21N.3C2H6/c1-5-9-6(2)7(3)10(11)8(9)4;3*1-2/h6-10H,5,11H2,1-4H3;3*1-2H3. The van der Waals surface area contributed by atoms with E-state index in [1.54, 1.807) is 0 Å². The third-order valence-electron chi connectivity index (χ3n) is 3.87. The Morgan fingerprint density at radius 1 is 0.706 bits per heavy atom. The second kappa shape index (κ2) is 14.0. The monoisotopic (exact) mass is 245 g/mol. The first-order valence-electron chi connectivity index (χ1n) is 7.85. The van der Waals surface area contributed by atoms with E-state index in [1.165, 1.54) is 6.42 Å². The fraction of sp³-hybridized carbons (Fsp3) is 1.00. The molecule has 0 aliphatic heterocycles. The lowest BCUT2D eigenvalue weighted by molar-refractivity contribution is 0.313. The maximum Gasteiger partial charge on any atom is 0.00957 e. The quantitative estimate of drug-likeness (QED) is 0.663. The fourth-order valence-corrected chi connectivity index (χ4v) is 2.73. The lowest BCUT2D eigenvalue weighted by Gasteiger charge is -2.18. The number of hydrogen-bond acceptors (Lipinski definition) is 1. The highest BCUT2D eigenvalue weighted by Crippen LogP contribution is 2.41. The van der Waals surface area contributed by atoms with Crippen molar-refractivity contribution in [1.29, 1.82) is 0 Å². The summed E-state index contributed by atoms with van der Waals surface area (Å²) >= 11 is 0. The summed E-state index contributed by atoms with van der Waals surface area (Å²) in [5, 5.41) is 0. The summed E-state index contributed by atoms with van der Waals surface area (Å²) in [7, 11) is 0. The highest BCUT2D eigenvalue weighted by Gasteiger charge is 2.40. The molecule has 0 spiro atoms. The molecule has 1 rings (SSSR count). The molecule has 5 atom stereocenters. The molecule has 1 heteroatoms. The first-order valence-corrected chi connectivity index (χ1v) is 7.85. The number of rotatable bonds is 1. The van der Waals surface area contributed by atoms with Gasteiger partial charge in [-0.1, -0.05) is 75.7 Å². The Morgan fingerprint density at radius 2 is 1.06 bits per heavy atom. The molecule has 108 valence electrons. The van der Waals surface area contributed by atoms with Crippen LogP contribution in [0.5, 0.6) is 0 Å². The molecule has 0 bridgehead atoms. The van der Waals surface area contributed by atoms with E-state index in [0.29, 0.717) is 6.04 Å². The minimum atomic E-state index is 0.440. The van der Waals surface area contributed by atoms with Gasteiger partial charge in [-0.05, 0) is 23.7 Å². The Kier molecular flexibility index (Phi) is 18.3. The first kappa shape index (κ1) is 22.2. The van der Waals surface area contributed by atoms with Crippen LogP contribution in [-0.2, 0) is 0 Å². The summed E-state index contributed by atoms with van der Waals surface area (Å²) in [6, 6.07) is 0.440. The van der Waals surface area contributed by atoms with E-state index >= 15 is 0 Å². The van der Waals surface area contributed by atoms with Gasteiger partial charge in [-0.3, -0.25) is 0 Å². The summed E-state index contributed by atoms with van der Waals surface area (Å²) in [5.41, 5.74) is 6.08. The molecule has 5 unspecified atom stereocenters. The van der Waals surface area contributed by atoms with Gasteiger partial charge >= 0.3 is 0 Å². The molecule has 0 aromatic rings. The zero-order valence-electron chi connectivity index (χ0n) is 14.2. The lowest BCUT2D eigenvalue weighted by atomic mass is 9.88. The zero-order chi connectivity index (χ0) is 14.6. The van der Waals surface area contributed by atoms with E-state index in [1.807, 2.05) is 41.5 Å². The minimum absolute atomic E-state index is 0.440. The molecular formula is C16H39N. The van der Waals surface area contributed by atoms with Crippen LogP contribution in [0.15, 0.2) is 0 Å². The Labute approximate surface area is 112 Å². The van der Waals surface area contributed by atoms with Crippen molar-refractivity contribution in [1.82, 2.24) is 0 Å². The molecule has 0 saturated heterocycles. The topological polar surface area (TPSA) is 26.0 Å². The SMILES string of the molecule is CC.CC.CC.CCC1C(C)C(C)C(N)C1C. The summed E-state index contributed by atoms with van der Waals surface area (Å²) in [4.78, 5) is 0. The van der Waals surface area contributed by atoms with Crippen molar-refractivity contribution < 1.29 is 0 Å². The van der Waals surface area contributed by atoms with Crippen molar-refractivity contribution in [2.75, 3.05) is 0 Å². The summed E-state index contributed by atoms with van der Waals surface area (Å²) in [6.45, 7) is 21.2. The molecule has 1 nitrogen and oxygen atoms in total. The van der Waals surface area contributed by atoms with Crippen molar-refractivity contribution in [3.05, 3.63) is 0 Å². The van der Waals surface area contributed by atoms with Gasteiger partial charge in [0.2, 0.25) is 0 Å². The van der Waals surface area contributed by atoms with Crippen molar-refractivity contribution in [2.45, 2.75) is 81.7 Å². The van der Waals surface area contributed by atoms with Gasteiger partial charge in [-0.15, -0.1) is 0 Å². The largest absolute Gasteiger partial charge is 0.327 e.